The Bertz CT molecular complexity index is 330. The average Bonchev–Trinajstić information content (AvgIpc) is 2.45. The Morgan fingerprint density at radius 2 is 1.75 bits per heavy atom. The second-order valence-corrected chi connectivity index (χ2v) is 5.08. The third-order valence-electron chi connectivity index (χ3n) is 3.69. The maximum absolute atomic E-state index is 11.6. The summed E-state index contributed by atoms with van der Waals surface area (Å²) in [5.41, 5.74) is -0.649. The van der Waals surface area contributed by atoms with Gasteiger partial charge in [0.15, 0.2) is 0 Å². The molecule has 0 bridgehead atoms. The molecule has 1 aliphatic carbocycles. The Kier molecular flexibility index (Phi) is 6.98. The second kappa shape index (κ2) is 8.24. The first-order valence-electron chi connectivity index (χ1n) is 7.06. The number of ether oxygens (including phenoxy) is 1. The van der Waals surface area contributed by atoms with Gasteiger partial charge in [0.05, 0.1) is 26.0 Å². The highest BCUT2D eigenvalue weighted by molar-refractivity contribution is 5.82. The van der Waals surface area contributed by atoms with E-state index in [0.717, 1.165) is 19.3 Å². The van der Waals surface area contributed by atoms with Crippen molar-refractivity contribution in [3.05, 3.63) is 11.8 Å². The normalized spacial score (nSPS) is 18.7. The van der Waals surface area contributed by atoms with Gasteiger partial charge in [0, 0.05) is 19.2 Å². The van der Waals surface area contributed by atoms with Crippen molar-refractivity contribution in [2.24, 2.45) is 0 Å². The molecular formula is C14H25NO5. The molecule has 1 rings (SSSR count). The number of methoxy groups -OCH3 is 1. The molecule has 0 spiro atoms. The van der Waals surface area contributed by atoms with Crippen molar-refractivity contribution in [3.8, 4) is 0 Å². The first kappa shape index (κ1) is 16.9. The van der Waals surface area contributed by atoms with Gasteiger partial charge in [-0.3, -0.25) is 0 Å². The third-order valence-corrected chi connectivity index (χ3v) is 3.69. The number of hydrogen-bond donors (Lipinski definition) is 3. The predicted octanol–water partition coefficient (Wildman–Crippen LogP) is 0.0251. The van der Waals surface area contributed by atoms with E-state index in [4.69, 9.17) is 10.2 Å². The summed E-state index contributed by atoms with van der Waals surface area (Å²) >= 11 is 0. The zero-order valence-corrected chi connectivity index (χ0v) is 12.0. The van der Waals surface area contributed by atoms with E-state index >= 15 is 0 Å². The van der Waals surface area contributed by atoms with Crippen LogP contribution in [-0.4, -0.2) is 65.2 Å². The molecule has 6 nitrogen and oxygen atoms in total. The van der Waals surface area contributed by atoms with Gasteiger partial charge in [-0.2, -0.15) is 0 Å². The molecular weight excluding hydrogens is 262 g/mol. The number of aliphatic hydroxyl groups excluding tert-OH is 2. The molecule has 0 aromatic carbocycles. The molecule has 0 heterocycles. The first-order chi connectivity index (χ1) is 9.57. The van der Waals surface area contributed by atoms with Crippen molar-refractivity contribution in [1.82, 2.24) is 4.90 Å². The van der Waals surface area contributed by atoms with Crippen LogP contribution in [0.2, 0.25) is 0 Å². The highest BCUT2D eigenvalue weighted by Gasteiger charge is 2.36. The molecule has 0 unspecified atom stereocenters. The molecule has 1 aliphatic rings. The minimum atomic E-state index is -1.09. The fourth-order valence-electron chi connectivity index (χ4n) is 2.68. The lowest BCUT2D eigenvalue weighted by Crippen LogP contribution is -2.44. The molecule has 0 amide bonds. The van der Waals surface area contributed by atoms with Crippen molar-refractivity contribution in [2.45, 2.75) is 37.7 Å². The summed E-state index contributed by atoms with van der Waals surface area (Å²) in [6.45, 7) is 0.278. The highest BCUT2D eigenvalue weighted by atomic mass is 16.5. The van der Waals surface area contributed by atoms with Crippen LogP contribution in [-0.2, 0) is 9.53 Å². The van der Waals surface area contributed by atoms with Gasteiger partial charge in [-0.25, -0.2) is 4.79 Å². The maximum Gasteiger partial charge on any atom is 0.332 e. The molecule has 6 heteroatoms. The first-order valence-corrected chi connectivity index (χ1v) is 7.06. The van der Waals surface area contributed by atoms with E-state index in [0.29, 0.717) is 18.5 Å². The summed E-state index contributed by atoms with van der Waals surface area (Å²) in [5.74, 6) is -0.542. The van der Waals surface area contributed by atoms with Crippen molar-refractivity contribution < 1.29 is 24.9 Å². The zero-order valence-electron chi connectivity index (χ0n) is 12.0. The summed E-state index contributed by atoms with van der Waals surface area (Å²) in [4.78, 5) is 13.2. The largest absolute Gasteiger partial charge is 0.466 e. The van der Waals surface area contributed by atoms with Gasteiger partial charge in [-0.15, -0.1) is 0 Å². The minimum absolute atomic E-state index is 0.116. The SMILES string of the molecule is COC(=O)C=C(N(CCO)CCO)C1(O)CCCCC1. The standard InChI is InChI=1S/C14H25NO5/c1-20-13(18)11-12(15(7-9-16)8-10-17)14(19)5-3-2-4-6-14/h11,16-17,19H,2-10H2,1H3. The molecule has 3 N–H and O–H groups in total. The molecule has 20 heavy (non-hydrogen) atoms. The lowest BCUT2D eigenvalue weighted by atomic mass is 9.81. The van der Waals surface area contributed by atoms with Crippen molar-refractivity contribution >= 4 is 5.97 Å². The number of carbonyl (C=O) groups is 1. The van der Waals surface area contributed by atoms with Crippen LogP contribution in [0.1, 0.15) is 32.1 Å². The van der Waals surface area contributed by atoms with Gasteiger partial charge >= 0.3 is 5.97 Å². The zero-order chi connectivity index (χ0) is 15.0. The van der Waals surface area contributed by atoms with Crippen LogP contribution in [0, 0.1) is 0 Å². The Morgan fingerprint density at radius 1 is 1.20 bits per heavy atom. The fourth-order valence-corrected chi connectivity index (χ4v) is 2.68. The van der Waals surface area contributed by atoms with Crippen molar-refractivity contribution in [2.75, 3.05) is 33.4 Å². The molecule has 0 aliphatic heterocycles. The van der Waals surface area contributed by atoms with Crippen molar-refractivity contribution in [3.63, 3.8) is 0 Å². The number of nitrogens with zero attached hydrogens (tertiary/aromatic N) is 1. The number of hydrogen-bond acceptors (Lipinski definition) is 6. The molecule has 0 atom stereocenters. The third kappa shape index (κ3) is 4.47. The predicted molar refractivity (Wildman–Crippen MR) is 73.9 cm³/mol. The van der Waals surface area contributed by atoms with Crippen LogP contribution in [0.3, 0.4) is 0 Å². The van der Waals surface area contributed by atoms with E-state index in [1.54, 1.807) is 4.90 Å². The monoisotopic (exact) mass is 287 g/mol. The van der Waals surface area contributed by atoms with E-state index in [-0.39, 0.29) is 26.3 Å². The summed E-state index contributed by atoms with van der Waals surface area (Å²) in [7, 11) is 1.28. The van der Waals surface area contributed by atoms with Gasteiger partial charge in [-0.05, 0) is 12.8 Å². The molecule has 1 saturated carbocycles. The number of esters is 1. The minimum Gasteiger partial charge on any atom is -0.466 e. The summed E-state index contributed by atoms with van der Waals surface area (Å²) in [6, 6.07) is 0. The van der Waals surface area contributed by atoms with E-state index in [1.807, 2.05) is 0 Å². The summed E-state index contributed by atoms with van der Waals surface area (Å²) in [6.07, 6.45) is 5.26. The number of rotatable bonds is 7. The smallest absolute Gasteiger partial charge is 0.332 e. The van der Waals surface area contributed by atoms with Crippen LogP contribution in [0.5, 0.6) is 0 Å². The van der Waals surface area contributed by atoms with Gasteiger partial charge in [0.1, 0.15) is 5.60 Å². The van der Waals surface area contributed by atoms with E-state index in [9.17, 15) is 9.90 Å². The molecule has 0 aromatic rings. The van der Waals surface area contributed by atoms with E-state index < -0.39 is 11.6 Å². The van der Waals surface area contributed by atoms with Crippen LogP contribution in [0.25, 0.3) is 0 Å². The molecule has 0 radical (unpaired) electrons. The van der Waals surface area contributed by atoms with Crippen LogP contribution in [0.4, 0.5) is 0 Å². The fraction of sp³-hybridized carbons (Fsp3) is 0.786. The second-order valence-electron chi connectivity index (χ2n) is 5.08. The molecule has 1 fully saturated rings. The van der Waals surface area contributed by atoms with E-state index in [1.165, 1.54) is 13.2 Å². The topological polar surface area (TPSA) is 90.2 Å². The van der Waals surface area contributed by atoms with Gasteiger partial charge < -0.3 is 25.0 Å². The number of carbonyl (C=O) groups excluding carboxylic acids is 1. The number of aliphatic hydroxyl groups is 3. The Labute approximate surface area is 119 Å². The quantitative estimate of drug-likeness (QED) is 0.452. The molecule has 116 valence electrons. The van der Waals surface area contributed by atoms with Gasteiger partial charge in [0.25, 0.3) is 0 Å². The van der Waals surface area contributed by atoms with Crippen LogP contribution in [0.15, 0.2) is 11.8 Å². The molecule has 0 aromatic heterocycles. The van der Waals surface area contributed by atoms with E-state index in [2.05, 4.69) is 4.74 Å². The lowest BCUT2D eigenvalue weighted by molar-refractivity contribution is -0.135. The maximum atomic E-state index is 11.6. The summed E-state index contributed by atoms with van der Waals surface area (Å²) < 4.78 is 4.64. The Morgan fingerprint density at radius 3 is 2.20 bits per heavy atom. The van der Waals surface area contributed by atoms with Gasteiger partial charge in [-0.1, -0.05) is 19.3 Å². The van der Waals surface area contributed by atoms with Crippen LogP contribution < -0.4 is 0 Å². The Balaban J connectivity index is 3.04. The highest BCUT2D eigenvalue weighted by Crippen LogP contribution is 2.35. The van der Waals surface area contributed by atoms with Gasteiger partial charge in [0.2, 0.25) is 0 Å². The lowest BCUT2D eigenvalue weighted by Gasteiger charge is -2.40. The Hall–Kier alpha value is -1.11. The van der Waals surface area contributed by atoms with Crippen LogP contribution >= 0.6 is 0 Å². The van der Waals surface area contributed by atoms with Crippen molar-refractivity contribution in [1.29, 1.82) is 0 Å². The average molecular weight is 287 g/mol. The summed E-state index contributed by atoms with van der Waals surface area (Å²) in [5, 5.41) is 29.1. The molecule has 0 saturated heterocycles.